The molecule has 0 unspecified atom stereocenters. The number of rotatable bonds is 4. The van der Waals surface area contributed by atoms with Crippen molar-refractivity contribution < 1.29 is 4.74 Å². The number of ether oxygens (including phenoxy) is 1. The van der Waals surface area contributed by atoms with Crippen LogP contribution in [-0.2, 0) is 4.74 Å². The molecule has 0 atom stereocenters. The highest BCUT2D eigenvalue weighted by molar-refractivity contribution is 4.86. The molecule has 0 aliphatic heterocycles. The van der Waals surface area contributed by atoms with Crippen LogP contribution in [-0.4, -0.2) is 6.10 Å². The van der Waals surface area contributed by atoms with E-state index >= 15 is 0 Å². The van der Waals surface area contributed by atoms with Crippen molar-refractivity contribution in [2.24, 2.45) is 11.8 Å². The SMILES string of the molecule is CC(C)O[C+](C(C)C)C(C)C. The number of hydrogen-bond donors (Lipinski definition) is 0. The summed E-state index contributed by atoms with van der Waals surface area (Å²) in [5.41, 5.74) is 0. The molecule has 0 radical (unpaired) electrons. The van der Waals surface area contributed by atoms with Gasteiger partial charge in [-0.3, -0.25) is 0 Å². The van der Waals surface area contributed by atoms with Crippen molar-refractivity contribution in [1.29, 1.82) is 0 Å². The predicted octanol–water partition coefficient (Wildman–Crippen LogP) is 3.26. The van der Waals surface area contributed by atoms with Crippen LogP contribution in [0.15, 0.2) is 0 Å². The summed E-state index contributed by atoms with van der Waals surface area (Å²) in [6, 6.07) is 0. The number of hydrogen-bond acceptors (Lipinski definition) is 1. The maximum Gasteiger partial charge on any atom is 0.246 e. The van der Waals surface area contributed by atoms with Gasteiger partial charge in [0, 0.05) is 0 Å². The Bertz CT molecular complexity index is 87.0. The van der Waals surface area contributed by atoms with Crippen molar-refractivity contribution in [2.45, 2.75) is 47.6 Å². The Kier molecular flexibility index (Phi) is 4.58. The van der Waals surface area contributed by atoms with E-state index in [1.54, 1.807) is 0 Å². The van der Waals surface area contributed by atoms with Gasteiger partial charge in [-0.1, -0.05) is 0 Å². The van der Waals surface area contributed by atoms with Crippen LogP contribution >= 0.6 is 0 Å². The zero-order valence-electron chi connectivity index (χ0n) is 8.64. The molecule has 0 bridgehead atoms. The van der Waals surface area contributed by atoms with Crippen LogP contribution in [0.25, 0.3) is 0 Å². The van der Waals surface area contributed by atoms with Crippen LogP contribution in [0.2, 0.25) is 0 Å². The van der Waals surface area contributed by atoms with Gasteiger partial charge in [-0.25, -0.2) is 0 Å². The molecule has 1 nitrogen and oxygen atoms in total. The molecule has 0 aromatic carbocycles. The van der Waals surface area contributed by atoms with E-state index in [0.717, 1.165) is 0 Å². The van der Waals surface area contributed by atoms with Crippen LogP contribution in [0.1, 0.15) is 41.5 Å². The molecule has 0 heterocycles. The molecule has 0 saturated carbocycles. The molecule has 0 aromatic heterocycles. The lowest BCUT2D eigenvalue weighted by atomic mass is 9.96. The van der Waals surface area contributed by atoms with E-state index in [-0.39, 0.29) is 0 Å². The molecule has 0 N–H and O–H groups in total. The second-order valence-electron chi connectivity index (χ2n) is 3.88. The first-order valence-corrected chi connectivity index (χ1v) is 4.48. The second kappa shape index (κ2) is 4.66. The highest BCUT2D eigenvalue weighted by atomic mass is 16.5. The third-order valence-corrected chi connectivity index (χ3v) is 1.51. The molecular weight excluding hydrogens is 136 g/mol. The first-order chi connectivity index (χ1) is 4.95. The fourth-order valence-corrected chi connectivity index (χ4v) is 1.21. The summed E-state index contributed by atoms with van der Waals surface area (Å²) < 4.78 is 5.69. The van der Waals surface area contributed by atoms with E-state index < -0.39 is 0 Å². The van der Waals surface area contributed by atoms with Gasteiger partial charge in [-0.05, 0) is 41.5 Å². The molecule has 66 valence electrons. The minimum atomic E-state index is 0.315. The van der Waals surface area contributed by atoms with Crippen molar-refractivity contribution in [3.8, 4) is 0 Å². The zero-order valence-corrected chi connectivity index (χ0v) is 8.64. The Labute approximate surface area is 71.1 Å². The van der Waals surface area contributed by atoms with Gasteiger partial charge in [0.1, 0.15) is 17.9 Å². The monoisotopic (exact) mass is 157 g/mol. The lowest BCUT2D eigenvalue weighted by Crippen LogP contribution is -2.20. The summed E-state index contributed by atoms with van der Waals surface area (Å²) in [5.74, 6) is 1.08. The zero-order chi connectivity index (χ0) is 9.02. The minimum Gasteiger partial charge on any atom is -0.191 e. The van der Waals surface area contributed by atoms with Crippen molar-refractivity contribution in [1.82, 2.24) is 0 Å². The van der Waals surface area contributed by atoms with Gasteiger partial charge in [0.25, 0.3) is 0 Å². The molecule has 1 heteroatoms. The first-order valence-electron chi connectivity index (χ1n) is 4.48. The van der Waals surface area contributed by atoms with Crippen LogP contribution in [0.5, 0.6) is 0 Å². The summed E-state index contributed by atoms with van der Waals surface area (Å²) in [4.78, 5) is 0. The highest BCUT2D eigenvalue weighted by Crippen LogP contribution is 2.25. The topological polar surface area (TPSA) is 9.23 Å². The summed E-state index contributed by atoms with van der Waals surface area (Å²) >= 11 is 0. The summed E-state index contributed by atoms with van der Waals surface area (Å²) in [7, 11) is 0. The van der Waals surface area contributed by atoms with E-state index in [2.05, 4.69) is 41.5 Å². The summed E-state index contributed by atoms with van der Waals surface area (Å²) in [6.45, 7) is 12.9. The van der Waals surface area contributed by atoms with Crippen LogP contribution in [0, 0.1) is 17.9 Å². The summed E-state index contributed by atoms with van der Waals surface area (Å²) in [6.07, 6.45) is 1.54. The van der Waals surface area contributed by atoms with E-state index in [4.69, 9.17) is 4.74 Å². The van der Waals surface area contributed by atoms with Gasteiger partial charge in [0.05, 0.1) is 0 Å². The minimum absolute atomic E-state index is 0.315. The van der Waals surface area contributed by atoms with Crippen LogP contribution < -0.4 is 0 Å². The Balaban J connectivity index is 3.90. The molecule has 0 aliphatic carbocycles. The van der Waals surface area contributed by atoms with Gasteiger partial charge in [0.15, 0.2) is 0 Å². The lowest BCUT2D eigenvalue weighted by Gasteiger charge is -2.13. The quantitative estimate of drug-likeness (QED) is 0.569. The molecule has 0 rings (SSSR count). The third kappa shape index (κ3) is 4.31. The van der Waals surface area contributed by atoms with E-state index in [1.807, 2.05) is 0 Å². The van der Waals surface area contributed by atoms with Crippen molar-refractivity contribution in [3.63, 3.8) is 0 Å². The fraction of sp³-hybridized carbons (Fsp3) is 0.900. The molecule has 0 aliphatic rings. The van der Waals surface area contributed by atoms with Crippen molar-refractivity contribution >= 4 is 0 Å². The van der Waals surface area contributed by atoms with E-state index in [9.17, 15) is 0 Å². The Morgan fingerprint density at radius 1 is 0.818 bits per heavy atom. The Hall–Kier alpha value is -0.170. The molecule has 0 saturated heterocycles. The van der Waals surface area contributed by atoms with Gasteiger partial charge >= 0.3 is 0 Å². The summed E-state index contributed by atoms with van der Waals surface area (Å²) in [5, 5.41) is 0. The highest BCUT2D eigenvalue weighted by Gasteiger charge is 2.32. The smallest absolute Gasteiger partial charge is 0.191 e. The van der Waals surface area contributed by atoms with Gasteiger partial charge in [-0.2, -0.15) is 4.74 Å². The predicted molar refractivity (Wildman–Crippen MR) is 49.1 cm³/mol. The molecule has 0 spiro atoms. The molecular formula is C10H21O+. The van der Waals surface area contributed by atoms with E-state index in [0.29, 0.717) is 17.9 Å². The first kappa shape index (κ1) is 10.8. The maximum atomic E-state index is 5.69. The fourth-order valence-electron chi connectivity index (χ4n) is 1.21. The molecule has 0 fully saturated rings. The van der Waals surface area contributed by atoms with E-state index in [1.165, 1.54) is 6.10 Å². The second-order valence-corrected chi connectivity index (χ2v) is 3.88. The average Bonchev–Trinajstić information content (AvgIpc) is 1.81. The standard InChI is InChI=1S/C10H21O/c1-7(2)10(8(3)4)11-9(5)6/h7-9H,1-6H3/q+1. The lowest BCUT2D eigenvalue weighted by molar-refractivity contribution is 0.0393. The van der Waals surface area contributed by atoms with Crippen molar-refractivity contribution in [2.75, 3.05) is 0 Å². The molecule has 0 amide bonds. The average molecular weight is 157 g/mol. The van der Waals surface area contributed by atoms with Gasteiger partial charge in [-0.15, -0.1) is 0 Å². The largest absolute Gasteiger partial charge is 0.246 e. The van der Waals surface area contributed by atoms with Crippen LogP contribution in [0.3, 0.4) is 0 Å². The Morgan fingerprint density at radius 2 is 1.18 bits per heavy atom. The van der Waals surface area contributed by atoms with Crippen molar-refractivity contribution in [3.05, 3.63) is 6.10 Å². The molecule has 11 heavy (non-hydrogen) atoms. The van der Waals surface area contributed by atoms with Gasteiger partial charge in [0.2, 0.25) is 6.10 Å². The van der Waals surface area contributed by atoms with Crippen LogP contribution in [0.4, 0.5) is 0 Å². The van der Waals surface area contributed by atoms with Gasteiger partial charge < -0.3 is 0 Å². The molecule has 0 aromatic rings. The normalized spacial score (nSPS) is 11.7. The maximum absolute atomic E-state index is 5.69. The third-order valence-electron chi connectivity index (χ3n) is 1.51. The Morgan fingerprint density at radius 3 is 1.27 bits per heavy atom.